The van der Waals surface area contributed by atoms with E-state index in [1.165, 1.54) is 0 Å². The van der Waals surface area contributed by atoms with E-state index in [4.69, 9.17) is 0 Å². The van der Waals surface area contributed by atoms with Gasteiger partial charge in [-0.25, -0.2) is 0 Å². The average molecular weight is 384 g/mol. The van der Waals surface area contributed by atoms with Gasteiger partial charge in [0.05, 0.1) is 0 Å². The predicted octanol–water partition coefficient (Wildman–Crippen LogP) is 0.877. The summed E-state index contributed by atoms with van der Waals surface area (Å²) in [5.74, 6) is -0.0654. The fraction of sp³-hybridized carbons (Fsp3) is 0.571. The van der Waals surface area contributed by atoms with Crippen LogP contribution in [0.3, 0.4) is 0 Å². The van der Waals surface area contributed by atoms with Crippen LogP contribution < -0.4 is 10.6 Å². The summed E-state index contributed by atoms with van der Waals surface area (Å²) in [7, 11) is 2.02. The highest BCUT2D eigenvalue weighted by Gasteiger charge is 2.40. The van der Waals surface area contributed by atoms with Crippen LogP contribution >= 0.6 is 0 Å². The van der Waals surface area contributed by atoms with Gasteiger partial charge in [0.1, 0.15) is 6.04 Å². The highest BCUT2D eigenvalue weighted by Crippen LogP contribution is 2.31. The molecule has 2 saturated heterocycles. The molecule has 0 radical (unpaired) electrons. The van der Waals surface area contributed by atoms with Crippen molar-refractivity contribution in [3.8, 4) is 0 Å². The molecule has 1 aromatic rings. The Morgan fingerprint density at radius 3 is 2.79 bits per heavy atom. The van der Waals surface area contributed by atoms with Crippen molar-refractivity contribution >= 4 is 17.7 Å². The van der Waals surface area contributed by atoms with E-state index < -0.39 is 6.04 Å². The summed E-state index contributed by atoms with van der Waals surface area (Å²) in [4.78, 5) is 40.7. The van der Waals surface area contributed by atoms with Gasteiger partial charge in [0.25, 0.3) is 5.91 Å². The molecule has 0 aliphatic carbocycles. The molecule has 7 heteroatoms. The number of likely N-dealkylation sites (tertiary alicyclic amines) is 1. The third-order valence-corrected chi connectivity index (χ3v) is 6.49. The zero-order valence-corrected chi connectivity index (χ0v) is 16.5. The zero-order chi connectivity index (χ0) is 19.8. The number of rotatable bonds is 4. The third-order valence-electron chi connectivity index (χ3n) is 6.49. The second-order valence-corrected chi connectivity index (χ2v) is 8.24. The summed E-state index contributed by atoms with van der Waals surface area (Å²) in [5.41, 5.74) is 2.87. The Balaban J connectivity index is 1.52. The highest BCUT2D eigenvalue weighted by atomic mass is 16.2. The molecule has 3 aliphatic heterocycles. The molecular formula is C21H28N4O3. The maximum Gasteiger partial charge on any atom is 0.255 e. The molecule has 3 atom stereocenters. The largest absolute Gasteiger partial charge is 0.322 e. The number of amides is 3. The van der Waals surface area contributed by atoms with Crippen LogP contribution in [0.15, 0.2) is 18.2 Å². The standard InChI is InChI=1S/C21H28N4O3/c1-13-8-9-24(12-17(13)22-2)10-14-4-3-5-15-16(14)11-25(21(15)28)18-6-7-19(26)23-20(18)27/h3-5,13,17-18,22H,6-12H2,1-2H3,(H,23,26,27)/t13-,17+,18?/m1/s1. The highest BCUT2D eigenvalue weighted by molar-refractivity contribution is 6.05. The van der Waals surface area contributed by atoms with Gasteiger partial charge in [-0.1, -0.05) is 19.1 Å². The fourth-order valence-corrected chi connectivity index (χ4v) is 4.70. The topological polar surface area (TPSA) is 81.8 Å². The molecule has 4 rings (SSSR count). The van der Waals surface area contributed by atoms with Crippen LogP contribution in [-0.2, 0) is 22.7 Å². The number of hydrogen-bond acceptors (Lipinski definition) is 5. The van der Waals surface area contributed by atoms with Crippen molar-refractivity contribution in [2.24, 2.45) is 5.92 Å². The number of nitrogens with zero attached hydrogens (tertiary/aromatic N) is 2. The van der Waals surface area contributed by atoms with Gasteiger partial charge in [0, 0.05) is 37.7 Å². The van der Waals surface area contributed by atoms with Gasteiger partial charge in [-0.05, 0) is 49.5 Å². The molecule has 28 heavy (non-hydrogen) atoms. The SMILES string of the molecule is CN[C@H]1CN(Cc2cccc3c2CN(C2CCC(=O)NC2=O)C3=O)CC[C@H]1C. The van der Waals surface area contributed by atoms with Gasteiger partial charge in [-0.2, -0.15) is 0 Å². The molecule has 7 nitrogen and oxygen atoms in total. The van der Waals surface area contributed by atoms with Gasteiger partial charge in [-0.3, -0.25) is 24.6 Å². The molecule has 3 aliphatic rings. The van der Waals surface area contributed by atoms with Crippen molar-refractivity contribution in [2.45, 2.75) is 51.4 Å². The molecule has 1 unspecified atom stereocenters. The summed E-state index contributed by atoms with van der Waals surface area (Å²) >= 11 is 0. The molecule has 0 bridgehead atoms. The van der Waals surface area contributed by atoms with Crippen molar-refractivity contribution in [2.75, 3.05) is 20.1 Å². The summed E-state index contributed by atoms with van der Waals surface area (Å²) in [6.07, 6.45) is 1.83. The molecule has 3 heterocycles. The second-order valence-electron chi connectivity index (χ2n) is 8.24. The number of piperidine rings is 2. The Morgan fingerprint density at radius 2 is 2.04 bits per heavy atom. The van der Waals surface area contributed by atoms with E-state index in [9.17, 15) is 14.4 Å². The summed E-state index contributed by atoms with van der Waals surface area (Å²) in [5, 5.41) is 5.77. The van der Waals surface area contributed by atoms with Crippen LogP contribution in [0.2, 0.25) is 0 Å². The molecule has 0 saturated carbocycles. The van der Waals surface area contributed by atoms with Gasteiger partial charge in [-0.15, -0.1) is 0 Å². The fourth-order valence-electron chi connectivity index (χ4n) is 4.70. The van der Waals surface area contributed by atoms with Gasteiger partial charge < -0.3 is 10.2 Å². The lowest BCUT2D eigenvalue weighted by atomic mass is 9.93. The van der Waals surface area contributed by atoms with Crippen LogP contribution in [-0.4, -0.2) is 59.7 Å². The van der Waals surface area contributed by atoms with Gasteiger partial charge in [0.15, 0.2) is 0 Å². The third kappa shape index (κ3) is 3.44. The lowest BCUT2D eigenvalue weighted by Gasteiger charge is -2.37. The first-order chi connectivity index (χ1) is 13.5. The Bertz CT molecular complexity index is 809. The predicted molar refractivity (Wildman–Crippen MR) is 104 cm³/mol. The number of likely N-dealkylation sites (N-methyl/N-ethyl adjacent to an activating group) is 1. The number of imide groups is 1. The van der Waals surface area contributed by atoms with Crippen LogP contribution in [0.25, 0.3) is 0 Å². The smallest absolute Gasteiger partial charge is 0.255 e. The number of benzene rings is 1. The summed E-state index contributed by atoms with van der Waals surface area (Å²) in [6, 6.07) is 5.79. The van der Waals surface area contributed by atoms with Crippen molar-refractivity contribution in [3.63, 3.8) is 0 Å². The number of hydrogen-bond donors (Lipinski definition) is 2. The normalized spacial score (nSPS) is 28.4. The van der Waals surface area contributed by atoms with Crippen LogP contribution in [0, 0.1) is 5.92 Å². The van der Waals surface area contributed by atoms with Gasteiger partial charge in [0.2, 0.25) is 11.8 Å². The van der Waals surface area contributed by atoms with E-state index in [1.807, 2.05) is 19.2 Å². The van der Waals surface area contributed by atoms with Crippen LogP contribution in [0.5, 0.6) is 0 Å². The minimum Gasteiger partial charge on any atom is -0.322 e. The minimum atomic E-state index is -0.560. The molecule has 3 amide bonds. The Kier molecular flexibility index (Phi) is 5.21. The van der Waals surface area contributed by atoms with Crippen molar-refractivity contribution in [1.29, 1.82) is 0 Å². The van der Waals surface area contributed by atoms with E-state index >= 15 is 0 Å². The van der Waals surface area contributed by atoms with Crippen LogP contribution in [0.4, 0.5) is 0 Å². The van der Waals surface area contributed by atoms with Crippen LogP contribution in [0.1, 0.15) is 47.7 Å². The summed E-state index contributed by atoms with van der Waals surface area (Å²) < 4.78 is 0. The first-order valence-corrected chi connectivity index (χ1v) is 10.1. The Morgan fingerprint density at radius 1 is 1.21 bits per heavy atom. The first-order valence-electron chi connectivity index (χ1n) is 10.1. The first kappa shape index (κ1) is 19.1. The molecule has 2 N–H and O–H groups in total. The van der Waals surface area contributed by atoms with E-state index in [-0.39, 0.29) is 24.1 Å². The molecule has 2 fully saturated rings. The zero-order valence-electron chi connectivity index (χ0n) is 16.5. The number of carbonyl (C=O) groups is 3. The lowest BCUT2D eigenvalue weighted by Crippen LogP contribution is -2.52. The number of fused-ring (bicyclic) bond motifs is 1. The molecular weight excluding hydrogens is 356 g/mol. The maximum absolute atomic E-state index is 12.9. The van der Waals surface area contributed by atoms with E-state index in [1.54, 1.807) is 4.90 Å². The Hall–Kier alpha value is -2.25. The monoisotopic (exact) mass is 384 g/mol. The summed E-state index contributed by atoms with van der Waals surface area (Å²) in [6.45, 7) is 5.58. The van der Waals surface area contributed by atoms with Gasteiger partial charge >= 0.3 is 0 Å². The molecule has 1 aromatic carbocycles. The maximum atomic E-state index is 12.9. The number of nitrogens with one attached hydrogen (secondary N) is 2. The van der Waals surface area contributed by atoms with E-state index in [2.05, 4.69) is 28.5 Å². The molecule has 0 aromatic heterocycles. The average Bonchev–Trinajstić information content (AvgIpc) is 3.01. The second kappa shape index (κ2) is 7.64. The molecule has 150 valence electrons. The minimum absolute atomic E-state index is 0.105. The van der Waals surface area contributed by atoms with Crippen molar-refractivity contribution in [3.05, 3.63) is 34.9 Å². The lowest BCUT2D eigenvalue weighted by molar-refractivity contribution is -0.136. The quantitative estimate of drug-likeness (QED) is 0.753. The molecule has 0 spiro atoms. The Labute approximate surface area is 165 Å². The van der Waals surface area contributed by atoms with Crippen molar-refractivity contribution < 1.29 is 14.4 Å². The van der Waals surface area contributed by atoms with E-state index in [0.29, 0.717) is 30.5 Å². The van der Waals surface area contributed by atoms with E-state index in [0.717, 1.165) is 37.2 Å². The van der Waals surface area contributed by atoms with Crippen molar-refractivity contribution in [1.82, 2.24) is 20.4 Å². The number of carbonyl (C=O) groups excluding carboxylic acids is 3.